The Morgan fingerprint density at radius 2 is 1.62 bits per heavy atom. The van der Waals surface area contributed by atoms with Gasteiger partial charge in [0.2, 0.25) is 0 Å². The van der Waals surface area contributed by atoms with Crippen molar-refractivity contribution >= 4 is 6.09 Å². The molecule has 3 aliphatic carbocycles. The van der Waals surface area contributed by atoms with Gasteiger partial charge in [-0.05, 0) is 57.8 Å². The minimum Gasteiger partial charge on any atom is -0.443 e. The molecule has 16 heavy (non-hydrogen) atoms. The van der Waals surface area contributed by atoms with Gasteiger partial charge >= 0.3 is 6.09 Å². The Hall–Kier alpha value is -0.730. The van der Waals surface area contributed by atoms with Gasteiger partial charge in [-0.1, -0.05) is 6.92 Å². The van der Waals surface area contributed by atoms with Crippen LogP contribution in [0.3, 0.4) is 0 Å². The van der Waals surface area contributed by atoms with Crippen LogP contribution in [0.25, 0.3) is 0 Å². The van der Waals surface area contributed by atoms with Gasteiger partial charge in [-0.25, -0.2) is 4.79 Å². The Balaban J connectivity index is 1.92. The Bertz CT molecular complexity index is 261. The molecule has 0 atom stereocenters. The lowest BCUT2D eigenvalue weighted by Gasteiger charge is -2.51. The monoisotopic (exact) mass is 225 g/mol. The second kappa shape index (κ2) is 3.94. The average Bonchev–Trinajstić information content (AvgIpc) is 2.19. The standard InChI is InChI=1S/C13H23NO2/c1-10(2)14-11(15)16-13-7-4-12(3,5-8-13)6-9-13/h10H,4-9H2,1-3H3,(H,14,15). The summed E-state index contributed by atoms with van der Waals surface area (Å²) in [5.41, 5.74) is 0.385. The summed E-state index contributed by atoms with van der Waals surface area (Å²) in [6.07, 6.45) is 6.55. The molecular formula is C13H23NO2. The molecule has 3 aliphatic rings. The van der Waals surface area contributed by atoms with Gasteiger partial charge in [0.25, 0.3) is 0 Å². The van der Waals surface area contributed by atoms with Crippen molar-refractivity contribution in [1.82, 2.24) is 5.32 Å². The number of carbonyl (C=O) groups is 1. The highest BCUT2D eigenvalue weighted by Gasteiger charge is 2.48. The molecule has 1 N–H and O–H groups in total. The van der Waals surface area contributed by atoms with Crippen molar-refractivity contribution in [3.8, 4) is 0 Å². The Morgan fingerprint density at radius 1 is 1.12 bits per heavy atom. The topological polar surface area (TPSA) is 38.3 Å². The van der Waals surface area contributed by atoms with E-state index in [0.29, 0.717) is 5.41 Å². The van der Waals surface area contributed by atoms with E-state index in [1.807, 2.05) is 13.8 Å². The summed E-state index contributed by atoms with van der Waals surface area (Å²) in [4.78, 5) is 11.6. The zero-order valence-corrected chi connectivity index (χ0v) is 10.6. The van der Waals surface area contributed by atoms with Crippen LogP contribution in [-0.2, 0) is 4.74 Å². The summed E-state index contributed by atoms with van der Waals surface area (Å²) in [6.45, 7) is 6.28. The van der Waals surface area contributed by atoms with E-state index < -0.39 is 0 Å². The quantitative estimate of drug-likeness (QED) is 0.783. The second-order valence-electron chi connectivity index (χ2n) is 6.18. The summed E-state index contributed by atoms with van der Waals surface area (Å²) in [7, 11) is 0. The summed E-state index contributed by atoms with van der Waals surface area (Å²) in [5, 5.41) is 2.81. The molecule has 0 aromatic rings. The van der Waals surface area contributed by atoms with Gasteiger partial charge < -0.3 is 10.1 Å². The van der Waals surface area contributed by atoms with Gasteiger partial charge in [0.1, 0.15) is 5.60 Å². The molecule has 3 rings (SSSR count). The lowest BCUT2D eigenvalue weighted by atomic mass is 9.59. The van der Waals surface area contributed by atoms with Crippen LogP contribution in [0.1, 0.15) is 59.3 Å². The number of hydrogen-bond acceptors (Lipinski definition) is 2. The van der Waals surface area contributed by atoms with Crippen LogP contribution in [0.2, 0.25) is 0 Å². The maximum Gasteiger partial charge on any atom is 0.407 e. The highest BCUT2D eigenvalue weighted by atomic mass is 16.6. The molecule has 0 aromatic carbocycles. The fraction of sp³-hybridized carbons (Fsp3) is 0.923. The highest BCUT2D eigenvalue weighted by Crippen LogP contribution is 2.53. The molecule has 2 bridgehead atoms. The summed E-state index contributed by atoms with van der Waals surface area (Å²) in [5.74, 6) is 0. The van der Waals surface area contributed by atoms with E-state index in [9.17, 15) is 4.79 Å². The number of carbonyl (C=O) groups excluding carboxylic acids is 1. The summed E-state index contributed by atoms with van der Waals surface area (Å²) >= 11 is 0. The second-order valence-corrected chi connectivity index (χ2v) is 6.18. The van der Waals surface area contributed by atoms with Crippen molar-refractivity contribution in [2.45, 2.75) is 70.9 Å². The molecule has 92 valence electrons. The van der Waals surface area contributed by atoms with E-state index in [2.05, 4.69) is 12.2 Å². The lowest BCUT2D eigenvalue weighted by molar-refractivity contribution is -0.0920. The number of hydrogen-bond donors (Lipinski definition) is 1. The first-order valence-corrected chi connectivity index (χ1v) is 6.43. The molecule has 0 unspecified atom stereocenters. The van der Waals surface area contributed by atoms with Crippen molar-refractivity contribution < 1.29 is 9.53 Å². The van der Waals surface area contributed by atoms with E-state index in [-0.39, 0.29) is 17.7 Å². The van der Waals surface area contributed by atoms with Crippen molar-refractivity contribution in [1.29, 1.82) is 0 Å². The average molecular weight is 225 g/mol. The third-order valence-electron chi connectivity index (χ3n) is 4.27. The predicted molar refractivity (Wildman–Crippen MR) is 63.3 cm³/mol. The molecule has 3 saturated carbocycles. The smallest absolute Gasteiger partial charge is 0.407 e. The van der Waals surface area contributed by atoms with Gasteiger partial charge in [0.05, 0.1) is 0 Å². The summed E-state index contributed by atoms with van der Waals surface area (Å²) < 4.78 is 5.67. The molecule has 0 saturated heterocycles. The molecular weight excluding hydrogens is 202 g/mol. The van der Waals surface area contributed by atoms with E-state index in [0.717, 1.165) is 19.3 Å². The molecule has 3 fully saturated rings. The lowest BCUT2D eigenvalue weighted by Crippen LogP contribution is -2.49. The van der Waals surface area contributed by atoms with Gasteiger partial charge in [0, 0.05) is 6.04 Å². The first-order valence-electron chi connectivity index (χ1n) is 6.43. The molecule has 0 heterocycles. The van der Waals surface area contributed by atoms with Crippen molar-refractivity contribution in [3.63, 3.8) is 0 Å². The Kier molecular flexibility index (Phi) is 2.89. The minimum absolute atomic E-state index is 0.142. The first-order chi connectivity index (χ1) is 7.43. The molecule has 1 amide bonds. The van der Waals surface area contributed by atoms with Crippen LogP contribution in [0.5, 0.6) is 0 Å². The highest BCUT2D eigenvalue weighted by molar-refractivity contribution is 5.68. The van der Waals surface area contributed by atoms with E-state index >= 15 is 0 Å². The molecule has 3 nitrogen and oxygen atoms in total. The number of alkyl carbamates (subject to hydrolysis) is 1. The number of ether oxygens (including phenoxy) is 1. The van der Waals surface area contributed by atoms with Crippen LogP contribution in [0.4, 0.5) is 4.79 Å². The zero-order valence-electron chi connectivity index (χ0n) is 10.6. The van der Waals surface area contributed by atoms with E-state index in [1.165, 1.54) is 19.3 Å². The van der Waals surface area contributed by atoms with Crippen molar-refractivity contribution in [2.75, 3.05) is 0 Å². The largest absolute Gasteiger partial charge is 0.443 e. The zero-order chi connectivity index (χ0) is 11.8. The molecule has 0 aliphatic heterocycles. The van der Waals surface area contributed by atoms with Crippen molar-refractivity contribution in [3.05, 3.63) is 0 Å². The van der Waals surface area contributed by atoms with Gasteiger partial charge in [-0.15, -0.1) is 0 Å². The third-order valence-corrected chi connectivity index (χ3v) is 4.27. The molecule has 3 heteroatoms. The molecule has 0 radical (unpaired) electrons. The SMILES string of the molecule is CC(C)NC(=O)OC12CCC(C)(CC1)CC2. The van der Waals surface area contributed by atoms with Crippen LogP contribution < -0.4 is 5.32 Å². The first kappa shape index (κ1) is 11.7. The fourth-order valence-electron chi connectivity index (χ4n) is 2.95. The van der Waals surface area contributed by atoms with Gasteiger partial charge in [-0.2, -0.15) is 0 Å². The van der Waals surface area contributed by atoms with E-state index in [4.69, 9.17) is 4.74 Å². The minimum atomic E-state index is -0.236. The molecule has 0 aromatic heterocycles. The van der Waals surface area contributed by atoms with Crippen LogP contribution in [0, 0.1) is 5.41 Å². The predicted octanol–water partition coefficient (Wildman–Crippen LogP) is 3.23. The number of amides is 1. The maximum absolute atomic E-state index is 11.6. The maximum atomic E-state index is 11.6. The van der Waals surface area contributed by atoms with Gasteiger partial charge in [0.15, 0.2) is 0 Å². The van der Waals surface area contributed by atoms with Crippen LogP contribution >= 0.6 is 0 Å². The van der Waals surface area contributed by atoms with Crippen LogP contribution in [0.15, 0.2) is 0 Å². The van der Waals surface area contributed by atoms with E-state index in [1.54, 1.807) is 0 Å². The Morgan fingerprint density at radius 3 is 2.06 bits per heavy atom. The number of nitrogens with one attached hydrogen (secondary N) is 1. The third kappa shape index (κ3) is 2.33. The molecule has 0 spiro atoms. The summed E-state index contributed by atoms with van der Waals surface area (Å²) in [6, 6.07) is 0.154. The Labute approximate surface area is 97.9 Å². The van der Waals surface area contributed by atoms with Crippen molar-refractivity contribution in [2.24, 2.45) is 5.41 Å². The number of fused-ring (bicyclic) bond motifs is 3. The van der Waals surface area contributed by atoms with Crippen LogP contribution in [-0.4, -0.2) is 17.7 Å². The fourth-order valence-corrected chi connectivity index (χ4v) is 2.95. The van der Waals surface area contributed by atoms with Gasteiger partial charge in [-0.3, -0.25) is 0 Å². The number of rotatable bonds is 2. The normalized spacial score (nSPS) is 37.5.